The highest BCUT2D eigenvalue weighted by atomic mass is 16.5. The van der Waals surface area contributed by atoms with E-state index >= 15 is 0 Å². The van der Waals surface area contributed by atoms with Crippen molar-refractivity contribution in [2.75, 3.05) is 26.3 Å². The molecule has 1 aromatic carbocycles. The average molecular weight is 347 g/mol. The summed E-state index contributed by atoms with van der Waals surface area (Å²) in [6.07, 6.45) is 2.09. The van der Waals surface area contributed by atoms with Gasteiger partial charge in [0.15, 0.2) is 5.60 Å². The summed E-state index contributed by atoms with van der Waals surface area (Å²) in [6, 6.07) is 9.82. The van der Waals surface area contributed by atoms with Crippen LogP contribution in [-0.2, 0) is 25.7 Å². The third-order valence-electron chi connectivity index (χ3n) is 5.18. The van der Waals surface area contributed by atoms with Crippen molar-refractivity contribution in [3.63, 3.8) is 0 Å². The van der Waals surface area contributed by atoms with Crippen LogP contribution in [0.2, 0.25) is 0 Å². The van der Waals surface area contributed by atoms with E-state index in [1.807, 2.05) is 30.3 Å². The molecule has 1 N–H and O–H groups in total. The number of rotatable bonds is 5. The number of nitrogens with zero attached hydrogens (tertiary/aromatic N) is 1. The molecule has 1 aromatic rings. The zero-order valence-electron chi connectivity index (χ0n) is 14.4. The van der Waals surface area contributed by atoms with Gasteiger partial charge in [-0.3, -0.25) is 9.59 Å². The van der Waals surface area contributed by atoms with Crippen molar-refractivity contribution in [3.05, 3.63) is 35.9 Å². The molecular formula is C19H25NO5. The van der Waals surface area contributed by atoms with Crippen molar-refractivity contribution in [2.45, 2.75) is 37.9 Å². The Labute approximate surface area is 147 Å². The number of carbonyl (C=O) groups excluding carboxylic acids is 1. The smallest absolute Gasteiger partial charge is 0.306 e. The van der Waals surface area contributed by atoms with E-state index in [-0.39, 0.29) is 11.8 Å². The number of carbonyl (C=O) groups is 2. The van der Waals surface area contributed by atoms with E-state index in [1.165, 1.54) is 0 Å². The summed E-state index contributed by atoms with van der Waals surface area (Å²) in [5, 5.41) is 9.13. The molecule has 2 aliphatic rings. The van der Waals surface area contributed by atoms with Gasteiger partial charge >= 0.3 is 5.97 Å². The summed E-state index contributed by atoms with van der Waals surface area (Å²) in [4.78, 5) is 26.1. The Kier molecular flexibility index (Phi) is 5.71. The number of carboxylic acids is 1. The number of ether oxygens (including phenoxy) is 2. The van der Waals surface area contributed by atoms with Gasteiger partial charge in [0, 0.05) is 39.1 Å². The maximum Gasteiger partial charge on any atom is 0.306 e. The van der Waals surface area contributed by atoms with Gasteiger partial charge in [0.25, 0.3) is 5.91 Å². The van der Waals surface area contributed by atoms with Gasteiger partial charge in [-0.2, -0.15) is 0 Å². The third kappa shape index (κ3) is 4.19. The topological polar surface area (TPSA) is 76.1 Å². The van der Waals surface area contributed by atoms with E-state index in [9.17, 15) is 9.59 Å². The second kappa shape index (κ2) is 7.97. The lowest BCUT2D eigenvalue weighted by Crippen LogP contribution is -2.55. The second-order valence-electron chi connectivity index (χ2n) is 6.79. The van der Waals surface area contributed by atoms with Gasteiger partial charge in [-0.15, -0.1) is 0 Å². The van der Waals surface area contributed by atoms with E-state index in [4.69, 9.17) is 14.6 Å². The van der Waals surface area contributed by atoms with Crippen molar-refractivity contribution in [1.29, 1.82) is 0 Å². The van der Waals surface area contributed by atoms with Crippen molar-refractivity contribution in [1.82, 2.24) is 4.90 Å². The van der Waals surface area contributed by atoms with Crippen molar-refractivity contribution in [3.8, 4) is 0 Å². The highest BCUT2D eigenvalue weighted by Gasteiger charge is 2.44. The van der Waals surface area contributed by atoms with Crippen molar-refractivity contribution < 1.29 is 24.2 Å². The van der Waals surface area contributed by atoms with Gasteiger partial charge in [0.2, 0.25) is 0 Å². The Morgan fingerprint density at radius 3 is 2.40 bits per heavy atom. The Hall–Kier alpha value is -1.92. The molecule has 2 saturated heterocycles. The molecule has 0 saturated carbocycles. The molecule has 2 fully saturated rings. The van der Waals surface area contributed by atoms with Crippen LogP contribution in [-0.4, -0.2) is 53.8 Å². The number of hydrogen-bond donors (Lipinski definition) is 1. The Balaban J connectivity index is 1.67. The fraction of sp³-hybridized carbons (Fsp3) is 0.579. The fourth-order valence-electron chi connectivity index (χ4n) is 3.53. The van der Waals surface area contributed by atoms with Gasteiger partial charge in [0.05, 0.1) is 12.5 Å². The summed E-state index contributed by atoms with van der Waals surface area (Å²) in [7, 11) is 0. The summed E-state index contributed by atoms with van der Waals surface area (Å²) in [5.41, 5.74) is 0.176. The molecule has 136 valence electrons. The number of aliphatic carboxylic acids is 1. The monoisotopic (exact) mass is 347 g/mol. The van der Waals surface area contributed by atoms with Crippen LogP contribution in [0.1, 0.15) is 31.2 Å². The quantitative estimate of drug-likeness (QED) is 0.882. The molecule has 0 atom stereocenters. The predicted molar refractivity (Wildman–Crippen MR) is 91.0 cm³/mol. The number of benzene rings is 1. The Bertz CT molecular complexity index is 589. The van der Waals surface area contributed by atoms with Crippen molar-refractivity contribution in [2.24, 2.45) is 5.92 Å². The van der Waals surface area contributed by atoms with E-state index in [0.717, 1.165) is 5.56 Å². The first-order valence-electron chi connectivity index (χ1n) is 8.88. The standard InChI is InChI=1S/C19H25NO5/c21-17(22)16-6-10-20(11-7-16)18(23)19(8-12-24-13-9-19)25-14-15-4-2-1-3-5-15/h1-5,16H,6-14H2,(H,21,22). The minimum absolute atomic E-state index is 0.0180. The van der Waals surface area contributed by atoms with Crippen LogP contribution >= 0.6 is 0 Å². The van der Waals surface area contributed by atoms with Crippen LogP contribution < -0.4 is 0 Å². The lowest BCUT2D eigenvalue weighted by Gasteiger charge is -2.41. The van der Waals surface area contributed by atoms with Crippen LogP contribution in [0.4, 0.5) is 0 Å². The van der Waals surface area contributed by atoms with Crippen molar-refractivity contribution >= 4 is 11.9 Å². The molecule has 0 radical (unpaired) electrons. The molecule has 1 amide bonds. The molecule has 0 spiro atoms. The Morgan fingerprint density at radius 1 is 1.16 bits per heavy atom. The SMILES string of the molecule is O=C(O)C1CCN(C(=O)C2(OCc3ccccc3)CCOCC2)CC1. The van der Waals surface area contributed by atoms with Crippen LogP contribution in [0.5, 0.6) is 0 Å². The minimum atomic E-state index is -0.857. The predicted octanol–water partition coefficient (Wildman–Crippen LogP) is 2.08. The molecule has 3 rings (SSSR count). The maximum atomic E-state index is 13.2. The van der Waals surface area contributed by atoms with Gasteiger partial charge < -0.3 is 19.5 Å². The van der Waals surface area contributed by atoms with Gasteiger partial charge in [-0.25, -0.2) is 0 Å². The Morgan fingerprint density at radius 2 is 1.80 bits per heavy atom. The molecular weight excluding hydrogens is 322 g/mol. The molecule has 0 unspecified atom stereocenters. The first kappa shape index (κ1) is 17.9. The molecule has 0 bridgehead atoms. The summed E-state index contributed by atoms with van der Waals surface area (Å²) < 4.78 is 11.6. The van der Waals surface area contributed by atoms with E-state index in [0.29, 0.717) is 58.6 Å². The molecule has 0 aromatic heterocycles. The number of likely N-dealkylation sites (tertiary alicyclic amines) is 1. The highest BCUT2D eigenvalue weighted by Crippen LogP contribution is 2.31. The number of piperidine rings is 1. The first-order valence-corrected chi connectivity index (χ1v) is 8.88. The lowest BCUT2D eigenvalue weighted by molar-refractivity contribution is -0.176. The molecule has 0 aliphatic carbocycles. The molecule has 2 aliphatic heterocycles. The molecule has 6 nitrogen and oxygen atoms in total. The highest BCUT2D eigenvalue weighted by molar-refractivity contribution is 5.85. The van der Waals surface area contributed by atoms with Crippen LogP contribution in [0, 0.1) is 5.92 Å². The van der Waals surface area contributed by atoms with Crippen LogP contribution in [0.15, 0.2) is 30.3 Å². The van der Waals surface area contributed by atoms with E-state index in [1.54, 1.807) is 4.90 Å². The van der Waals surface area contributed by atoms with Gasteiger partial charge in [0.1, 0.15) is 0 Å². The normalized spacial score (nSPS) is 21.0. The molecule has 2 heterocycles. The summed E-state index contributed by atoms with van der Waals surface area (Å²) >= 11 is 0. The molecule has 25 heavy (non-hydrogen) atoms. The van der Waals surface area contributed by atoms with Crippen LogP contribution in [0.25, 0.3) is 0 Å². The molecule has 6 heteroatoms. The largest absolute Gasteiger partial charge is 0.481 e. The minimum Gasteiger partial charge on any atom is -0.481 e. The number of hydrogen-bond acceptors (Lipinski definition) is 4. The first-order chi connectivity index (χ1) is 12.1. The zero-order valence-corrected chi connectivity index (χ0v) is 14.4. The maximum absolute atomic E-state index is 13.2. The lowest BCUT2D eigenvalue weighted by atomic mass is 9.89. The fourth-order valence-corrected chi connectivity index (χ4v) is 3.53. The van der Waals surface area contributed by atoms with Gasteiger partial charge in [-0.05, 0) is 18.4 Å². The number of carboxylic acid groups (broad SMARTS) is 1. The number of amides is 1. The third-order valence-corrected chi connectivity index (χ3v) is 5.18. The van der Waals surface area contributed by atoms with E-state index in [2.05, 4.69) is 0 Å². The van der Waals surface area contributed by atoms with Crippen LogP contribution in [0.3, 0.4) is 0 Å². The second-order valence-corrected chi connectivity index (χ2v) is 6.79. The zero-order chi connectivity index (χ0) is 17.7. The average Bonchev–Trinajstić information content (AvgIpc) is 2.67. The van der Waals surface area contributed by atoms with Gasteiger partial charge in [-0.1, -0.05) is 30.3 Å². The van der Waals surface area contributed by atoms with E-state index < -0.39 is 11.6 Å². The summed E-state index contributed by atoms with van der Waals surface area (Å²) in [6.45, 7) is 2.36. The summed E-state index contributed by atoms with van der Waals surface area (Å²) in [5.74, 6) is -1.14.